The van der Waals surface area contributed by atoms with Gasteiger partial charge in [-0.25, -0.2) is 0 Å². The Balaban J connectivity index is 2.16. The van der Waals surface area contributed by atoms with Crippen LogP contribution in [-0.4, -0.2) is 20.4 Å². The van der Waals surface area contributed by atoms with Gasteiger partial charge < -0.3 is 20.4 Å². The van der Waals surface area contributed by atoms with E-state index < -0.39 is 0 Å². The smallest absolute Gasteiger partial charge is 0.160 e. The monoisotopic (exact) mass is 368 g/mol. The summed E-state index contributed by atoms with van der Waals surface area (Å²) in [6.45, 7) is 12.4. The van der Waals surface area contributed by atoms with E-state index in [1.54, 1.807) is 12.1 Å². The molecule has 2 aromatic carbocycles. The maximum Gasteiger partial charge on any atom is 0.160 e. The van der Waals surface area contributed by atoms with Crippen molar-refractivity contribution in [1.29, 1.82) is 0 Å². The van der Waals surface area contributed by atoms with Crippen LogP contribution in [0.3, 0.4) is 0 Å². The molecule has 27 heavy (non-hydrogen) atoms. The molecule has 2 aliphatic rings. The van der Waals surface area contributed by atoms with Gasteiger partial charge in [-0.2, -0.15) is 0 Å². The molecule has 4 nitrogen and oxygen atoms in total. The summed E-state index contributed by atoms with van der Waals surface area (Å²) in [6.07, 6.45) is 1.64. The van der Waals surface area contributed by atoms with Crippen molar-refractivity contribution < 1.29 is 20.4 Å². The molecular weight excluding hydrogens is 340 g/mol. The van der Waals surface area contributed by atoms with Crippen LogP contribution in [0.25, 0.3) is 0 Å². The average molecular weight is 368 g/mol. The molecule has 0 unspecified atom stereocenters. The maximum absolute atomic E-state index is 10.5. The number of rotatable bonds is 0. The highest BCUT2D eigenvalue weighted by molar-refractivity contribution is 5.70. The number of hydrogen-bond acceptors (Lipinski definition) is 4. The molecule has 0 radical (unpaired) electrons. The van der Waals surface area contributed by atoms with Crippen LogP contribution in [0.4, 0.5) is 0 Å². The Labute approximate surface area is 160 Å². The summed E-state index contributed by atoms with van der Waals surface area (Å²) in [4.78, 5) is 0. The van der Waals surface area contributed by atoms with E-state index in [0.29, 0.717) is 11.1 Å². The fourth-order valence-corrected chi connectivity index (χ4v) is 6.12. The Morgan fingerprint density at radius 1 is 0.667 bits per heavy atom. The normalized spacial score (nSPS) is 20.7. The minimum absolute atomic E-state index is 0.0715. The van der Waals surface area contributed by atoms with E-state index in [9.17, 15) is 20.4 Å². The van der Waals surface area contributed by atoms with Crippen molar-refractivity contribution in [3.63, 3.8) is 0 Å². The van der Waals surface area contributed by atoms with Gasteiger partial charge in [0, 0.05) is 5.41 Å². The second kappa shape index (κ2) is 4.92. The summed E-state index contributed by atoms with van der Waals surface area (Å²) in [6, 6.07) is 3.40. The zero-order valence-electron chi connectivity index (χ0n) is 16.9. The lowest BCUT2D eigenvalue weighted by Crippen LogP contribution is -2.28. The van der Waals surface area contributed by atoms with Gasteiger partial charge in [0.1, 0.15) is 0 Å². The third-order valence-corrected chi connectivity index (χ3v) is 6.95. The lowest BCUT2D eigenvalue weighted by molar-refractivity contribution is 0.347. The summed E-state index contributed by atoms with van der Waals surface area (Å²) < 4.78 is 0. The predicted octanol–water partition coefficient (Wildman–Crippen LogP) is 4.77. The van der Waals surface area contributed by atoms with Gasteiger partial charge in [0.05, 0.1) is 0 Å². The quantitative estimate of drug-likeness (QED) is 0.505. The summed E-state index contributed by atoms with van der Waals surface area (Å²) in [7, 11) is 0. The van der Waals surface area contributed by atoms with E-state index in [4.69, 9.17) is 0 Å². The van der Waals surface area contributed by atoms with Gasteiger partial charge in [0.2, 0.25) is 0 Å². The molecule has 4 heteroatoms. The molecular formula is C23H28O4. The minimum atomic E-state index is -0.373. The van der Waals surface area contributed by atoms with Gasteiger partial charge in [0.15, 0.2) is 23.0 Å². The number of hydrogen-bond donors (Lipinski definition) is 4. The molecule has 2 aliphatic carbocycles. The third-order valence-electron chi connectivity index (χ3n) is 6.95. The molecule has 0 atom stereocenters. The zero-order valence-corrected chi connectivity index (χ0v) is 16.9. The number of phenols is 4. The summed E-state index contributed by atoms with van der Waals surface area (Å²) in [5, 5.41) is 41.5. The van der Waals surface area contributed by atoms with Crippen molar-refractivity contribution in [3.05, 3.63) is 45.5 Å². The molecule has 0 bridgehead atoms. The van der Waals surface area contributed by atoms with E-state index in [-0.39, 0.29) is 39.2 Å². The predicted molar refractivity (Wildman–Crippen MR) is 105 cm³/mol. The first kappa shape index (κ1) is 18.0. The second-order valence-corrected chi connectivity index (χ2v) is 9.79. The lowest BCUT2D eigenvalue weighted by atomic mass is 9.70. The van der Waals surface area contributed by atoms with Gasteiger partial charge in [-0.15, -0.1) is 0 Å². The van der Waals surface area contributed by atoms with Crippen LogP contribution < -0.4 is 0 Å². The highest BCUT2D eigenvalue weighted by Crippen LogP contribution is 2.66. The van der Waals surface area contributed by atoms with Gasteiger partial charge in [-0.1, -0.05) is 27.7 Å². The van der Waals surface area contributed by atoms with Gasteiger partial charge in [-0.3, -0.25) is 0 Å². The van der Waals surface area contributed by atoms with Crippen LogP contribution in [-0.2, 0) is 16.2 Å². The molecule has 0 aliphatic heterocycles. The van der Waals surface area contributed by atoms with Crippen LogP contribution in [0.1, 0.15) is 73.9 Å². The summed E-state index contributed by atoms with van der Waals surface area (Å²) in [5.41, 5.74) is 4.86. The van der Waals surface area contributed by atoms with E-state index >= 15 is 0 Å². The first-order valence-electron chi connectivity index (χ1n) is 9.46. The molecule has 0 heterocycles. The van der Waals surface area contributed by atoms with Crippen LogP contribution in [0.2, 0.25) is 0 Å². The third kappa shape index (κ3) is 2.04. The van der Waals surface area contributed by atoms with Gasteiger partial charge in [-0.05, 0) is 83.0 Å². The second-order valence-electron chi connectivity index (χ2n) is 9.79. The summed E-state index contributed by atoms with van der Waals surface area (Å²) in [5.74, 6) is -0.311. The van der Waals surface area contributed by atoms with Crippen LogP contribution in [0, 0.1) is 13.8 Å². The number of benzene rings is 2. The highest BCUT2D eigenvalue weighted by atomic mass is 16.3. The first-order chi connectivity index (χ1) is 12.3. The molecule has 4 N–H and O–H groups in total. The van der Waals surface area contributed by atoms with Crippen LogP contribution >= 0.6 is 0 Å². The Morgan fingerprint density at radius 2 is 1.00 bits per heavy atom. The standard InChI is InChI=1S/C23H28O4/c1-11-17-13(7-15(24)19(11)26)21(3,4)9-23(17)10-22(5,6)14-8-16(25)20(27)12(2)18(14)23/h7-8,24-27H,9-10H2,1-6H3. The van der Waals surface area contributed by atoms with Crippen LogP contribution in [0.5, 0.6) is 23.0 Å². The Bertz CT molecular complexity index is 917. The number of aromatic hydroxyl groups is 4. The van der Waals surface area contributed by atoms with Crippen LogP contribution in [0.15, 0.2) is 12.1 Å². The average Bonchev–Trinajstić information content (AvgIpc) is 2.89. The van der Waals surface area contributed by atoms with Crippen molar-refractivity contribution in [1.82, 2.24) is 0 Å². The molecule has 0 saturated carbocycles. The summed E-state index contributed by atoms with van der Waals surface area (Å²) >= 11 is 0. The Hall–Kier alpha value is -2.36. The molecule has 2 aromatic rings. The van der Waals surface area contributed by atoms with Gasteiger partial charge in [0.25, 0.3) is 0 Å². The van der Waals surface area contributed by atoms with E-state index in [2.05, 4.69) is 27.7 Å². The fourth-order valence-electron chi connectivity index (χ4n) is 6.12. The molecule has 4 rings (SSSR count). The van der Waals surface area contributed by atoms with Crippen molar-refractivity contribution in [3.8, 4) is 23.0 Å². The van der Waals surface area contributed by atoms with Crippen molar-refractivity contribution >= 4 is 0 Å². The van der Waals surface area contributed by atoms with Gasteiger partial charge >= 0.3 is 0 Å². The van der Waals surface area contributed by atoms with Crippen molar-refractivity contribution in [2.75, 3.05) is 0 Å². The molecule has 0 saturated heterocycles. The molecule has 1 spiro atoms. The largest absolute Gasteiger partial charge is 0.504 e. The number of phenolic OH excluding ortho intramolecular Hbond substituents is 4. The van der Waals surface area contributed by atoms with E-state index in [1.165, 1.54) is 0 Å². The van der Waals surface area contributed by atoms with E-state index in [1.807, 2.05) is 13.8 Å². The van der Waals surface area contributed by atoms with Crippen molar-refractivity contribution in [2.24, 2.45) is 0 Å². The minimum Gasteiger partial charge on any atom is -0.504 e. The maximum atomic E-state index is 10.5. The first-order valence-corrected chi connectivity index (χ1v) is 9.46. The molecule has 0 aromatic heterocycles. The highest BCUT2D eigenvalue weighted by Gasteiger charge is 2.58. The van der Waals surface area contributed by atoms with Crippen molar-refractivity contribution in [2.45, 2.75) is 70.6 Å². The number of fused-ring (bicyclic) bond motifs is 4. The topological polar surface area (TPSA) is 80.9 Å². The Morgan fingerprint density at radius 3 is 1.33 bits per heavy atom. The lowest BCUT2D eigenvalue weighted by Gasteiger charge is -2.32. The molecule has 144 valence electrons. The van der Waals surface area contributed by atoms with E-state index in [0.717, 1.165) is 35.1 Å². The molecule has 0 fully saturated rings. The zero-order chi connectivity index (χ0) is 20.1. The fraction of sp³-hybridized carbons (Fsp3) is 0.478. The SMILES string of the molecule is Cc1c(O)c(O)cc2c1C1(CC2(C)C)CC(C)(C)c2cc(O)c(O)c(C)c21. The Kier molecular flexibility index (Phi) is 3.28. The molecule has 0 amide bonds.